The third kappa shape index (κ3) is 19.2. The molecule has 0 saturated carbocycles. The smallest absolute Gasteiger partial charge is 0.183 e. The standard InChI is InChI=1S/C24H2IN/c1-2-3-4-5-6-7-8-9-10-11-12-13-14-15-16-17-18-19-20-21-22-23-24-26-25/h1,26H/i/hT. The molecule has 0 aliphatic carbocycles. The van der Waals surface area contributed by atoms with Gasteiger partial charge >= 0.3 is 0 Å². The Hall–Kier alpha value is -4.75. The number of halogens is 1. The minimum atomic E-state index is 0.915. The van der Waals surface area contributed by atoms with E-state index in [4.69, 9.17) is 7.84 Å². The van der Waals surface area contributed by atoms with E-state index in [1.165, 1.54) is 0 Å². The molecule has 2 heteroatoms. The van der Waals surface area contributed by atoms with E-state index in [2.05, 4.69) is 136 Å². The van der Waals surface area contributed by atoms with E-state index in [1.807, 2.05) is 0 Å². The summed E-state index contributed by atoms with van der Waals surface area (Å²) in [4.78, 5) is 0. The normalized spacial score (nSPS) is 4.54. The van der Waals surface area contributed by atoms with Crippen LogP contribution in [0.5, 0.6) is 0 Å². The van der Waals surface area contributed by atoms with Crippen LogP contribution in [-0.4, -0.2) is 0 Å². The van der Waals surface area contributed by atoms with Crippen LogP contribution in [0.3, 0.4) is 0 Å². The molecule has 0 heterocycles. The van der Waals surface area contributed by atoms with Crippen LogP contribution >= 0.6 is 22.9 Å². The second-order valence-electron chi connectivity index (χ2n) is 2.97. The second-order valence-corrected chi connectivity index (χ2v) is 3.45. The fourth-order valence-corrected chi connectivity index (χ4v) is 0.800. The van der Waals surface area contributed by atoms with Crippen LogP contribution in [0.2, 0.25) is 1.41 Å². The molecule has 26 heavy (non-hydrogen) atoms. The molecule has 0 spiro atoms. The van der Waals surface area contributed by atoms with Crippen molar-refractivity contribution in [3.05, 3.63) is 0 Å². The Bertz CT molecular complexity index is 1310. The molecule has 0 amide bonds. The summed E-state index contributed by atoms with van der Waals surface area (Å²) in [6.07, 6.45) is 4.91. The summed E-state index contributed by atoms with van der Waals surface area (Å²) in [7, 11) is 0. The SMILES string of the molecule is [3H]N(I)C#CC#CC#CC#CC#CC#CC#CC#CC#CC#CC#CC#C. The summed E-state index contributed by atoms with van der Waals surface area (Å²) in [5.41, 5.74) is 0. The number of rotatable bonds is 0. The highest BCUT2D eigenvalue weighted by Crippen LogP contribution is 1.61. The first-order valence-corrected chi connectivity index (χ1v) is 7.15. The van der Waals surface area contributed by atoms with Crippen LogP contribution in [0.4, 0.5) is 0 Å². The zero-order chi connectivity index (χ0) is 19.8. The average Bonchev–Trinajstić information content (AvgIpc) is 2.65. The molecule has 0 radical (unpaired) electrons. The molecule has 0 aliphatic rings. The van der Waals surface area contributed by atoms with Crippen molar-refractivity contribution in [2.75, 3.05) is 0 Å². The van der Waals surface area contributed by atoms with Gasteiger partial charge in [-0.05, 0) is 47.4 Å². The van der Waals surface area contributed by atoms with Gasteiger partial charge in [0, 0.05) is 88.9 Å². The van der Waals surface area contributed by atoms with Gasteiger partial charge in [-0.25, -0.2) is 0 Å². The maximum absolute atomic E-state index is 6.96. The minimum absolute atomic E-state index is 0.915. The van der Waals surface area contributed by atoms with Crippen LogP contribution in [-0.2, 0) is 0 Å². The van der Waals surface area contributed by atoms with Crippen molar-refractivity contribution >= 4 is 22.9 Å². The molecule has 0 saturated heterocycles. The van der Waals surface area contributed by atoms with E-state index < -0.39 is 0 Å². The van der Waals surface area contributed by atoms with Gasteiger partial charge in [0.1, 0.15) is 0 Å². The average molecular weight is 433 g/mol. The van der Waals surface area contributed by atoms with E-state index >= 15 is 0 Å². The highest BCUT2D eigenvalue weighted by atomic mass is 127. The summed E-state index contributed by atoms with van der Waals surface area (Å²) in [5.74, 6) is 53.8. The summed E-state index contributed by atoms with van der Waals surface area (Å²) >= 11 is 1.69. The van der Waals surface area contributed by atoms with Crippen LogP contribution in [0.15, 0.2) is 0 Å². The third-order valence-electron chi connectivity index (χ3n) is 1.42. The van der Waals surface area contributed by atoms with E-state index in [9.17, 15) is 0 Å². The molecule has 0 atom stereocenters. The van der Waals surface area contributed by atoms with E-state index in [0.717, 1.165) is 3.52 Å². The number of hydrogen-bond acceptors (Lipinski definition) is 1. The lowest BCUT2D eigenvalue weighted by atomic mass is 10.4. The monoisotopic (exact) mass is 433 g/mol. The Morgan fingerprint density at radius 1 is 0.462 bits per heavy atom. The molecule has 0 fully saturated rings. The molecule has 110 valence electrons. The molecular formula is C24H2IN. The molecule has 0 unspecified atom stereocenters. The molecule has 0 aromatic carbocycles. The predicted octanol–water partition coefficient (Wildman–Crippen LogP) is 0.554. The van der Waals surface area contributed by atoms with Gasteiger partial charge in [-0.2, -0.15) is 0 Å². The zero-order valence-electron chi connectivity index (χ0n) is 13.9. The first-order valence-electron chi connectivity index (χ1n) is 6.63. The first-order chi connectivity index (χ1) is 13.3. The fraction of sp³-hybridized carbons (Fsp3) is 0. The topological polar surface area (TPSA) is 12.0 Å². The van der Waals surface area contributed by atoms with Crippen molar-refractivity contribution in [3.63, 3.8) is 0 Å². The summed E-state index contributed by atoms with van der Waals surface area (Å²) in [6.45, 7) is 0. The number of nitrogens with one attached hydrogen (secondary N) is 1. The maximum atomic E-state index is 6.96. The van der Waals surface area contributed by atoms with Gasteiger partial charge in [0.25, 0.3) is 0 Å². The van der Waals surface area contributed by atoms with E-state index in [-0.39, 0.29) is 0 Å². The molecule has 0 rings (SSSR count). The third-order valence-corrected chi connectivity index (χ3v) is 1.66. The highest BCUT2D eigenvalue weighted by molar-refractivity contribution is 14.1. The quantitative estimate of drug-likeness (QED) is 0.255. The van der Waals surface area contributed by atoms with Crippen molar-refractivity contribution in [1.29, 1.82) is 0 Å². The molecule has 0 aromatic rings. The second kappa shape index (κ2) is 20.2. The molecule has 0 aliphatic heterocycles. The Kier molecular flexibility index (Phi) is 15.0. The summed E-state index contributed by atoms with van der Waals surface area (Å²) in [6, 6.07) is 2.39. The Balaban J connectivity index is 4.42. The molecule has 0 bridgehead atoms. The first kappa shape index (κ1) is 19.3. The van der Waals surface area contributed by atoms with Crippen molar-refractivity contribution in [2.45, 2.75) is 0 Å². The lowest BCUT2D eigenvalue weighted by molar-refractivity contribution is 1.61. The molecular weight excluding hydrogens is 429 g/mol. The van der Waals surface area contributed by atoms with Crippen molar-refractivity contribution in [1.82, 2.24) is 3.52 Å². The van der Waals surface area contributed by atoms with Gasteiger partial charge in [-0.3, -0.25) is 3.52 Å². The minimum Gasteiger partial charge on any atom is -0.287 e. The lowest BCUT2D eigenvalue weighted by Crippen LogP contribution is -1.77. The molecule has 1 N–H and O–H groups in total. The van der Waals surface area contributed by atoms with Gasteiger partial charge in [-0.1, -0.05) is 0 Å². The zero-order valence-corrected chi connectivity index (χ0v) is 15.1. The van der Waals surface area contributed by atoms with Gasteiger partial charge in [-0.15, -0.1) is 6.42 Å². The van der Waals surface area contributed by atoms with Crippen LogP contribution < -0.4 is 3.52 Å². The molecule has 1 nitrogen and oxygen atoms in total. The van der Waals surface area contributed by atoms with Crippen LogP contribution in [0, 0.1) is 143 Å². The van der Waals surface area contributed by atoms with Crippen molar-refractivity contribution in [3.8, 4) is 143 Å². The highest BCUT2D eigenvalue weighted by Gasteiger charge is 1.59. The van der Waals surface area contributed by atoms with E-state index in [0.29, 0.717) is 0 Å². The fourth-order valence-electron chi connectivity index (χ4n) is 0.679. The van der Waals surface area contributed by atoms with Crippen molar-refractivity contribution in [2.24, 2.45) is 0 Å². The van der Waals surface area contributed by atoms with Gasteiger partial charge in [0.15, 0.2) is 1.41 Å². The maximum Gasteiger partial charge on any atom is 0.183 e. The Morgan fingerprint density at radius 2 is 0.692 bits per heavy atom. The Labute approximate surface area is 170 Å². The predicted molar refractivity (Wildman–Crippen MR) is 112 cm³/mol. The molecule has 0 aromatic heterocycles. The number of hydrogen-bond donors (Lipinski definition) is 1. The van der Waals surface area contributed by atoms with Gasteiger partial charge in [0.2, 0.25) is 0 Å². The summed E-state index contributed by atoms with van der Waals surface area (Å²) in [5, 5.41) is 0. The van der Waals surface area contributed by atoms with Crippen LogP contribution in [0.1, 0.15) is 0 Å². The van der Waals surface area contributed by atoms with Gasteiger partial charge in [0.05, 0.1) is 22.9 Å². The largest absolute Gasteiger partial charge is 0.287 e. The van der Waals surface area contributed by atoms with Gasteiger partial charge < -0.3 is 0 Å². The van der Waals surface area contributed by atoms with Crippen molar-refractivity contribution < 1.29 is 1.41 Å². The lowest BCUT2D eigenvalue weighted by Gasteiger charge is -1.65. The van der Waals surface area contributed by atoms with E-state index in [1.54, 1.807) is 22.9 Å². The Morgan fingerprint density at radius 3 is 0.923 bits per heavy atom. The van der Waals surface area contributed by atoms with Crippen LogP contribution in [0.25, 0.3) is 0 Å². The number of terminal acetylenes is 1. The summed E-state index contributed by atoms with van der Waals surface area (Å²) < 4.78 is 7.88.